The molecule has 0 spiro atoms. The summed E-state index contributed by atoms with van der Waals surface area (Å²) in [6.07, 6.45) is -13.2. The number of ether oxygens (including phenoxy) is 4. The number of fused-ring (bicyclic) bond motifs is 2. The van der Waals surface area contributed by atoms with Crippen molar-refractivity contribution in [1.82, 2.24) is 48.9 Å². The van der Waals surface area contributed by atoms with Crippen LogP contribution in [0.25, 0.3) is 22.3 Å². The van der Waals surface area contributed by atoms with Crippen LogP contribution in [0.4, 0.5) is 11.8 Å². The van der Waals surface area contributed by atoms with E-state index in [1.54, 1.807) is 6.92 Å². The average molecular weight is 1190 g/mol. The Kier molecular flexibility index (Phi) is 17.5. The van der Waals surface area contributed by atoms with Crippen LogP contribution in [0.1, 0.15) is 38.4 Å². The lowest BCUT2D eigenvalue weighted by Crippen LogP contribution is -2.39. The van der Waals surface area contributed by atoms with Gasteiger partial charge < -0.3 is 70.6 Å². The SMILES string of the molecule is CCCC(=O)NC[C@H]1[C@@H](O)[C@H](n2c[n+](C)c3c(=O)[nH]c(N)nc32)O[C@@H]1COP(=O)(O)OP(=O)(O)OP(=O)(O)OC[C@H]1O[C@@H](n2cnc3c(N)ncnc32)[C@H](OC)[C@@H]1OP(=O)(O)OC[C@H]1O[C@@H](n2ccc(=O)[nH]c2=O)[C@H](O)[C@@H]1O. The quantitative estimate of drug-likeness (QED) is 0.0221. The van der Waals surface area contributed by atoms with Gasteiger partial charge in [-0.05, 0) is 6.42 Å². The number of phosphoric acid groups is 4. The zero-order valence-electron chi connectivity index (χ0n) is 40.6. The second-order valence-electron chi connectivity index (χ2n) is 17.4. The number of methoxy groups -OCH3 is 1. The highest BCUT2D eigenvalue weighted by Gasteiger charge is 2.54. The van der Waals surface area contributed by atoms with Gasteiger partial charge >= 0.3 is 42.5 Å². The van der Waals surface area contributed by atoms with Gasteiger partial charge in [-0.15, -0.1) is 0 Å². The molecule has 5 aromatic rings. The molecule has 42 heteroatoms. The molecule has 0 bridgehead atoms. The van der Waals surface area contributed by atoms with Crippen LogP contribution in [0.5, 0.6) is 0 Å². The summed E-state index contributed by atoms with van der Waals surface area (Å²) in [6.45, 7) is -1.92. The number of phosphoric ester groups is 3. The topological polar surface area (TPSA) is 536 Å². The van der Waals surface area contributed by atoms with Crippen molar-refractivity contribution in [1.29, 1.82) is 0 Å². The number of carbonyl (C=O) groups is 1. The number of hydrogen-bond acceptors (Lipinski definition) is 27. The number of anilines is 2. The first-order chi connectivity index (χ1) is 36.6. The second-order valence-corrected chi connectivity index (χ2v) is 23.5. The maximum Gasteiger partial charge on any atom is 0.490 e. The first-order valence-corrected chi connectivity index (χ1v) is 28.8. The largest absolute Gasteiger partial charge is 0.490 e. The Morgan fingerprint density at radius 3 is 2.08 bits per heavy atom. The smallest absolute Gasteiger partial charge is 0.387 e. The first kappa shape index (κ1) is 59.0. The maximum absolute atomic E-state index is 13.6. The number of nitrogen functional groups attached to an aromatic ring is 2. The molecule has 14 N–H and O–H groups in total. The molecule has 4 unspecified atom stereocenters. The van der Waals surface area contributed by atoms with Gasteiger partial charge in [-0.25, -0.2) is 42.6 Å². The number of hydrogen-bond donors (Lipinski definition) is 12. The number of rotatable bonds is 23. The average Bonchev–Trinajstić information content (AvgIpc) is 4.17. The first-order valence-electron chi connectivity index (χ1n) is 22.8. The number of amides is 1. The summed E-state index contributed by atoms with van der Waals surface area (Å²) in [6, 6.07) is 0.922. The Labute approximate surface area is 435 Å². The number of aliphatic hydroxyl groups excluding tert-OH is 3. The fourth-order valence-electron chi connectivity index (χ4n) is 8.67. The Morgan fingerprint density at radius 1 is 0.782 bits per heavy atom. The van der Waals surface area contributed by atoms with Crippen molar-refractivity contribution in [3.8, 4) is 0 Å². The van der Waals surface area contributed by atoms with E-state index in [2.05, 4.69) is 38.9 Å². The summed E-state index contributed by atoms with van der Waals surface area (Å²) >= 11 is 0. The van der Waals surface area contributed by atoms with Crippen LogP contribution in [0.3, 0.4) is 0 Å². The van der Waals surface area contributed by atoms with E-state index in [4.69, 9.17) is 48.5 Å². The fourth-order valence-corrected chi connectivity index (χ4v) is 13.2. The Morgan fingerprint density at radius 2 is 1.41 bits per heavy atom. The van der Waals surface area contributed by atoms with Gasteiger partial charge in [0.05, 0.1) is 39.3 Å². The van der Waals surface area contributed by atoms with Gasteiger partial charge in [0.1, 0.15) is 54.6 Å². The van der Waals surface area contributed by atoms with Gasteiger partial charge in [0.25, 0.3) is 16.7 Å². The number of carbonyl (C=O) groups excluding carboxylic acids is 1. The van der Waals surface area contributed by atoms with Crippen LogP contribution in [0.15, 0.2) is 45.6 Å². The number of H-pyrrole nitrogens is 2. The molecule has 0 aromatic carbocycles. The molecule has 16 atom stereocenters. The molecular formula is C36H52N13O25P4+. The van der Waals surface area contributed by atoms with E-state index >= 15 is 0 Å². The van der Waals surface area contributed by atoms with Crippen molar-refractivity contribution in [2.45, 2.75) is 87.3 Å². The predicted octanol–water partition coefficient (Wildman–Crippen LogP) is -3.70. The Balaban J connectivity index is 0.948. The summed E-state index contributed by atoms with van der Waals surface area (Å²) in [5.41, 5.74) is 9.20. The van der Waals surface area contributed by atoms with E-state index in [0.29, 0.717) is 6.42 Å². The molecule has 3 fully saturated rings. The molecule has 5 aromatic heterocycles. The molecular weight excluding hydrogens is 1140 g/mol. The predicted molar refractivity (Wildman–Crippen MR) is 253 cm³/mol. The van der Waals surface area contributed by atoms with Crippen molar-refractivity contribution in [3.63, 3.8) is 0 Å². The molecule has 38 nitrogen and oxygen atoms in total. The standard InChI is InChI=1S/C36H51N13O25P4/c1-4-5-19(50)39-8-15-16(69-32(23(15)52)49-14-46(2)22-30(49)44-35(38)45-31(22)55)9-67-76(59,60)73-78(63,64)74-77(61,62)68-11-18-26(27(65-3)34(71-18)48-13-42-21-28(37)40-12-41-29(21)48)72-75(57,58)66-10-17-24(53)25(54)33(70-17)47-7-6-20(51)43-36(47)56/h6-7,12-18,23-27,32-34,52-54H,4-5,8-11H2,1-3H3,(H10-,37,38,39,40,41,43,44,45,50,51,55,56,57,58,59,60,61,62,63,64)/p+1/t15-,16-,17-,18-,23-,24-,25-,26-,27-,32-,33-,34-/m1/s1. The van der Waals surface area contributed by atoms with Crippen molar-refractivity contribution in [3.05, 3.63) is 62.4 Å². The molecule has 3 saturated heterocycles. The number of aromatic nitrogens is 10. The molecule has 3 aliphatic rings. The minimum Gasteiger partial charge on any atom is -0.387 e. The number of aromatic amines is 2. The van der Waals surface area contributed by atoms with Gasteiger partial charge in [0.15, 0.2) is 23.9 Å². The van der Waals surface area contributed by atoms with E-state index in [1.807, 2.05) is 4.98 Å². The van der Waals surface area contributed by atoms with Gasteiger partial charge in [0, 0.05) is 38.3 Å². The molecule has 8 rings (SSSR count). The van der Waals surface area contributed by atoms with Crippen LogP contribution in [0, 0.1) is 5.92 Å². The third-order valence-corrected chi connectivity index (χ3v) is 17.4. The maximum atomic E-state index is 13.6. The van der Waals surface area contributed by atoms with Gasteiger partial charge in [-0.3, -0.25) is 51.6 Å². The fraction of sp³-hybridized carbons (Fsp3) is 0.583. The number of nitrogens with zero attached hydrogens (tertiary/aromatic N) is 8. The number of aryl methyl sites for hydroxylation is 1. The van der Waals surface area contributed by atoms with Crippen LogP contribution in [-0.2, 0) is 75.8 Å². The number of nitrogens with one attached hydrogen (secondary N) is 3. The van der Waals surface area contributed by atoms with Crippen molar-refractivity contribution in [2.75, 3.05) is 44.9 Å². The highest BCUT2D eigenvalue weighted by Crippen LogP contribution is 2.68. The van der Waals surface area contributed by atoms with E-state index < -0.39 is 147 Å². The third kappa shape index (κ3) is 12.9. The van der Waals surface area contributed by atoms with E-state index in [1.165, 1.54) is 27.1 Å². The highest BCUT2D eigenvalue weighted by molar-refractivity contribution is 7.66. The zero-order chi connectivity index (χ0) is 56.8. The number of imidazole rings is 2. The van der Waals surface area contributed by atoms with Gasteiger partial charge in [-0.2, -0.15) is 18.2 Å². The molecule has 0 saturated carbocycles. The second kappa shape index (κ2) is 23.2. The molecule has 8 heterocycles. The molecule has 1 amide bonds. The number of nitrogens with two attached hydrogens (primary N) is 2. The monoisotopic (exact) mass is 1190 g/mol. The molecule has 3 aliphatic heterocycles. The Hall–Kier alpha value is -5.11. The summed E-state index contributed by atoms with van der Waals surface area (Å²) < 4.78 is 110. The molecule has 0 radical (unpaired) electrons. The minimum absolute atomic E-state index is 0.000252. The lowest BCUT2D eigenvalue weighted by molar-refractivity contribution is -0.646. The van der Waals surface area contributed by atoms with Crippen molar-refractivity contribution >= 4 is 71.3 Å². The van der Waals surface area contributed by atoms with Crippen molar-refractivity contribution < 1.29 is 108 Å². The van der Waals surface area contributed by atoms with Crippen LogP contribution in [-0.4, -0.2) is 167 Å². The third-order valence-electron chi connectivity index (χ3n) is 12.2. The van der Waals surface area contributed by atoms with Gasteiger partial charge in [0.2, 0.25) is 24.4 Å². The molecule has 78 heavy (non-hydrogen) atoms. The van der Waals surface area contributed by atoms with Crippen LogP contribution in [0.2, 0.25) is 0 Å². The lowest BCUT2D eigenvalue weighted by atomic mass is 9.98. The highest BCUT2D eigenvalue weighted by atomic mass is 31.3. The van der Waals surface area contributed by atoms with E-state index in [-0.39, 0.29) is 47.1 Å². The molecule has 0 aliphatic carbocycles. The van der Waals surface area contributed by atoms with E-state index in [0.717, 1.165) is 36.6 Å². The summed E-state index contributed by atoms with van der Waals surface area (Å²) in [5.74, 6) is -1.99. The molecule has 430 valence electrons. The van der Waals surface area contributed by atoms with E-state index in [9.17, 15) is 72.3 Å². The Bertz CT molecular complexity index is 3410. The summed E-state index contributed by atoms with van der Waals surface area (Å²) in [4.78, 5) is 112. The van der Waals surface area contributed by atoms with Crippen molar-refractivity contribution in [2.24, 2.45) is 13.0 Å². The minimum atomic E-state index is -6.23. The lowest BCUT2D eigenvalue weighted by Gasteiger charge is -2.26. The normalized spacial score (nSPS) is 29.6. The van der Waals surface area contributed by atoms with Crippen LogP contribution < -0.4 is 38.2 Å². The number of aliphatic hydroxyl groups is 3. The zero-order valence-corrected chi connectivity index (χ0v) is 44.1. The van der Waals surface area contributed by atoms with Gasteiger partial charge in [-0.1, -0.05) is 6.92 Å². The van der Waals surface area contributed by atoms with Crippen LogP contribution >= 0.6 is 31.3 Å². The summed E-state index contributed by atoms with van der Waals surface area (Å²) in [7, 11) is -21.0. The summed E-state index contributed by atoms with van der Waals surface area (Å²) in [5, 5.41) is 35.4.